The molecule has 1 aromatic rings. The van der Waals surface area contributed by atoms with Crippen molar-refractivity contribution in [3.05, 3.63) is 34.9 Å². The summed E-state index contributed by atoms with van der Waals surface area (Å²) in [5.41, 5.74) is 4.55. The van der Waals surface area contributed by atoms with Crippen molar-refractivity contribution in [3.63, 3.8) is 0 Å². The van der Waals surface area contributed by atoms with Crippen molar-refractivity contribution in [1.82, 2.24) is 5.32 Å². The van der Waals surface area contributed by atoms with Crippen LogP contribution in [0.4, 0.5) is 0 Å². The highest BCUT2D eigenvalue weighted by Crippen LogP contribution is 2.29. The molecule has 0 saturated carbocycles. The molecule has 2 unspecified atom stereocenters. The standard InChI is InChI=1S/C17H25NO/c1-18-17(16-8-4-5-11-19-16)15-10-9-13-6-2-3-7-14(13)12-15/h9-10,12,16-18H,2-8,11H2,1H3. The van der Waals surface area contributed by atoms with Crippen LogP contribution in [-0.2, 0) is 17.6 Å². The predicted octanol–water partition coefficient (Wildman–Crippen LogP) is 3.40. The molecule has 1 aliphatic carbocycles. The Morgan fingerprint density at radius 2 is 1.95 bits per heavy atom. The average molecular weight is 259 g/mol. The van der Waals surface area contributed by atoms with Crippen molar-refractivity contribution in [1.29, 1.82) is 0 Å². The fourth-order valence-corrected chi connectivity index (χ4v) is 3.54. The van der Waals surface area contributed by atoms with E-state index in [0.29, 0.717) is 12.1 Å². The largest absolute Gasteiger partial charge is 0.376 e. The van der Waals surface area contributed by atoms with Gasteiger partial charge in [0.05, 0.1) is 12.1 Å². The number of nitrogens with one attached hydrogen (secondary N) is 1. The highest BCUT2D eigenvalue weighted by molar-refractivity contribution is 5.35. The van der Waals surface area contributed by atoms with E-state index in [-0.39, 0.29) is 0 Å². The lowest BCUT2D eigenvalue weighted by molar-refractivity contribution is -0.00663. The van der Waals surface area contributed by atoms with Gasteiger partial charge in [0.2, 0.25) is 0 Å². The molecular formula is C17H25NO. The molecule has 0 aromatic heterocycles. The minimum absolute atomic E-state index is 0.348. The van der Waals surface area contributed by atoms with Crippen molar-refractivity contribution in [2.75, 3.05) is 13.7 Å². The van der Waals surface area contributed by atoms with Crippen LogP contribution in [0.5, 0.6) is 0 Å². The SMILES string of the molecule is CNC(c1ccc2c(c1)CCCC2)C1CCCCO1. The molecule has 19 heavy (non-hydrogen) atoms. The van der Waals surface area contributed by atoms with Gasteiger partial charge in [0.1, 0.15) is 0 Å². The number of hydrogen-bond donors (Lipinski definition) is 1. The van der Waals surface area contributed by atoms with Crippen molar-refractivity contribution >= 4 is 0 Å². The predicted molar refractivity (Wildman–Crippen MR) is 78.5 cm³/mol. The van der Waals surface area contributed by atoms with Gasteiger partial charge in [-0.25, -0.2) is 0 Å². The molecule has 1 saturated heterocycles. The highest BCUT2D eigenvalue weighted by Gasteiger charge is 2.25. The molecule has 0 amide bonds. The zero-order valence-corrected chi connectivity index (χ0v) is 12.0. The minimum Gasteiger partial charge on any atom is -0.376 e. The summed E-state index contributed by atoms with van der Waals surface area (Å²) in [5.74, 6) is 0. The normalized spacial score (nSPS) is 24.8. The van der Waals surface area contributed by atoms with E-state index in [2.05, 4.69) is 30.6 Å². The van der Waals surface area contributed by atoms with Gasteiger partial charge in [-0.15, -0.1) is 0 Å². The van der Waals surface area contributed by atoms with E-state index >= 15 is 0 Å². The molecule has 1 heterocycles. The first-order chi connectivity index (χ1) is 9.38. The summed E-state index contributed by atoms with van der Waals surface area (Å²) in [5, 5.41) is 3.47. The fraction of sp³-hybridized carbons (Fsp3) is 0.647. The first-order valence-corrected chi connectivity index (χ1v) is 7.79. The van der Waals surface area contributed by atoms with Crippen molar-refractivity contribution in [3.8, 4) is 0 Å². The Hall–Kier alpha value is -0.860. The molecule has 1 aromatic carbocycles. The lowest BCUT2D eigenvalue weighted by atomic mass is 9.87. The third-order valence-corrected chi connectivity index (χ3v) is 4.63. The molecule has 2 heteroatoms. The smallest absolute Gasteiger partial charge is 0.0769 e. The second-order valence-electron chi connectivity index (χ2n) is 5.91. The Balaban J connectivity index is 1.82. The van der Waals surface area contributed by atoms with Crippen LogP contribution in [0, 0.1) is 0 Å². The van der Waals surface area contributed by atoms with E-state index < -0.39 is 0 Å². The molecule has 104 valence electrons. The van der Waals surface area contributed by atoms with E-state index in [1.807, 2.05) is 0 Å². The van der Waals surface area contributed by atoms with Gasteiger partial charge in [-0.1, -0.05) is 18.2 Å². The zero-order chi connectivity index (χ0) is 13.1. The van der Waals surface area contributed by atoms with Crippen LogP contribution in [0.15, 0.2) is 18.2 Å². The number of rotatable bonds is 3. The summed E-state index contributed by atoms with van der Waals surface area (Å²) >= 11 is 0. The molecule has 2 aliphatic rings. The third-order valence-electron chi connectivity index (χ3n) is 4.63. The van der Waals surface area contributed by atoms with Gasteiger partial charge in [-0.05, 0) is 68.7 Å². The summed E-state index contributed by atoms with van der Waals surface area (Å²) in [7, 11) is 2.06. The second kappa shape index (κ2) is 6.06. The quantitative estimate of drug-likeness (QED) is 0.898. The molecule has 0 radical (unpaired) electrons. The van der Waals surface area contributed by atoms with Crippen molar-refractivity contribution in [2.45, 2.75) is 57.1 Å². The van der Waals surface area contributed by atoms with Crippen LogP contribution in [-0.4, -0.2) is 19.8 Å². The monoisotopic (exact) mass is 259 g/mol. The highest BCUT2D eigenvalue weighted by atomic mass is 16.5. The summed E-state index contributed by atoms with van der Waals surface area (Å²) in [6.45, 7) is 0.924. The van der Waals surface area contributed by atoms with Crippen LogP contribution in [0.2, 0.25) is 0 Å². The lowest BCUT2D eigenvalue weighted by Crippen LogP contribution is -2.34. The average Bonchev–Trinajstić information content (AvgIpc) is 2.49. The second-order valence-corrected chi connectivity index (χ2v) is 5.91. The molecule has 1 fully saturated rings. The maximum Gasteiger partial charge on any atom is 0.0769 e. The number of ether oxygens (including phenoxy) is 1. The van der Waals surface area contributed by atoms with Crippen LogP contribution >= 0.6 is 0 Å². The fourth-order valence-electron chi connectivity index (χ4n) is 3.54. The molecule has 0 spiro atoms. The maximum absolute atomic E-state index is 5.97. The third kappa shape index (κ3) is 2.85. The van der Waals surface area contributed by atoms with Gasteiger partial charge in [0.15, 0.2) is 0 Å². The molecule has 2 atom stereocenters. The molecule has 1 N–H and O–H groups in total. The molecule has 0 bridgehead atoms. The van der Waals surface area contributed by atoms with E-state index in [4.69, 9.17) is 4.74 Å². The summed E-state index contributed by atoms with van der Waals surface area (Å²) in [6.07, 6.45) is 9.27. The topological polar surface area (TPSA) is 21.3 Å². The van der Waals surface area contributed by atoms with Crippen molar-refractivity contribution in [2.24, 2.45) is 0 Å². The number of hydrogen-bond acceptors (Lipinski definition) is 2. The van der Waals surface area contributed by atoms with Crippen LogP contribution < -0.4 is 5.32 Å². The molecular weight excluding hydrogens is 234 g/mol. The first-order valence-electron chi connectivity index (χ1n) is 7.79. The van der Waals surface area contributed by atoms with Crippen LogP contribution in [0.25, 0.3) is 0 Å². The van der Waals surface area contributed by atoms with Crippen molar-refractivity contribution < 1.29 is 4.74 Å². The van der Waals surface area contributed by atoms with Crippen LogP contribution in [0.3, 0.4) is 0 Å². The summed E-state index contributed by atoms with van der Waals surface area (Å²) in [4.78, 5) is 0. The summed E-state index contributed by atoms with van der Waals surface area (Å²) in [6, 6.07) is 7.43. The van der Waals surface area contributed by atoms with Crippen LogP contribution in [0.1, 0.15) is 54.8 Å². The summed E-state index contributed by atoms with van der Waals surface area (Å²) < 4.78 is 5.97. The van der Waals surface area contributed by atoms with Gasteiger partial charge < -0.3 is 10.1 Å². The zero-order valence-electron chi connectivity index (χ0n) is 12.0. The van der Waals surface area contributed by atoms with E-state index in [1.54, 1.807) is 11.1 Å². The first kappa shape index (κ1) is 13.1. The van der Waals surface area contributed by atoms with Gasteiger partial charge in [-0.3, -0.25) is 0 Å². The Labute approximate surface area is 116 Å². The van der Waals surface area contributed by atoms with Gasteiger partial charge in [0, 0.05) is 6.61 Å². The number of fused-ring (bicyclic) bond motifs is 1. The minimum atomic E-state index is 0.348. The van der Waals surface area contributed by atoms with Gasteiger partial charge in [-0.2, -0.15) is 0 Å². The Bertz CT molecular complexity index is 423. The van der Waals surface area contributed by atoms with E-state index in [1.165, 1.54) is 50.5 Å². The molecule has 3 rings (SSSR count). The number of likely N-dealkylation sites (N-methyl/N-ethyl adjacent to an activating group) is 1. The molecule has 2 nitrogen and oxygen atoms in total. The Morgan fingerprint density at radius 1 is 1.11 bits per heavy atom. The number of aryl methyl sites for hydroxylation is 2. The maximum atomic E-state index is 5.97. The Kier molecular flexibility index (Phi) is 4.19. The number of benzene rings is 1. The lowest BCUT2D eigenvalue weighted by Gasteiger charge is -2.31. The van der Waals surface area contributed by atoms with E-state index in [9.17, 15) is 0 Å². The molecule has 1 aliphatic heterocycles. The Morgan fingerprint density at radius 3 is 2.68 bits per heavy atom. The van der Waals surface area contributed by atoms with E-state index in [0.717, 1.165) is 6.61 Å². The van der Waals surface area contributed by atoms with Gasteiger partial charge >= 0.3 is 0 Å². The van der Waals surface area contributed by atoms with Gasteiger partial charge in [0.25, 0.3) is 0 Å².